The van der Waals surface area contributed by atoms with Crippen LogP contribution in [-0.4, -0.2) is 66.1 Å². The van der Waals surface area contributed by atoms with Crippen molar-refractivity contribution in [3.63, 3.8) is 0 Å². The Bertz CT molecular complexity index is 773. The van der Waals surface area contributed by atoms with Gasteiger partial charge in [0.15, 0.2) is 0 Å². The zero-order chi connectivity index (χ0) is 18.6. The van der Waals surface area contributed by atoms with Gasteiger partial charge in [0.2, 0.25) is 5.95 Å². The first kappa shape index (κ1) is 18.2. The van der Waals surface area contributed by atoms with E-state index in [2.05, 4.69) is 38.7 Å². The molecule has 4 rings (SSSR count). The van der Waals surface area contributed by atoms with Crippen LogP contribution in [0.4, 0.5) is 5.95 Å². The van der Waals surface area contributed by atoms with Crippen molar-refractivity contribution in [3.8, 4) is 5.75 Å². The van der Waals surface area contributed by atoms with E-state index in [1.54, 1.807) is 7.11 Å². The summed E-state index contributed by atoms with van der Waals surface area (Å²) < 4.78 is 5.49. The Morgan fingerprint density at radius 1 is 1.04 bits per heavy atom. The molecule has 27 heavy (non-hydrogen) atoms. The van der Waals surface area contributed by atoms with Gasteiger partial charge in [0.05, 0.1) is 12.8 Å². The van der Waals surface area contributed by atoms with E-state index in [0.717, 1.165) is 70.5 Å². The molecular formula is C21H29N5O. The molecule has 0 saturated carbocycles. The average Bonchev–Trinajstić information content (AvgIpc) is 2.74. The van der Waals surface area contributed by atoms with Gasteiger partial charge in [0.1, 0.15) is 5.75 Å². The van der Waals surface area contributed by atoms with Gasteiger partial charge in [-0.25, -0.2) is 9.97 Å². The minimum absolute atomic E-state index is 0.893. The minimum atomic E-state index is 0.893. The predicted molar refractivity (Wildman–Crippen MR) is 107 cm³/mol. The van der Waals surface area contributed by atoms with Crippen molar-refractivity contribution >= 4 is 5.95 Å². The number of nitrogens with zero attached hydrogens (tertiary/aromatic N) is 5. The van der Waals surface area contributed by atoms with Crippen molar-refractivity contribution in [2.75, 3.05) is 51.3 Å². The molecular weight excluding hydrogens is 338 g/mol. The maximum atomic E-state index is 5.49. The van der Waals surface area contributed by atoms with E-state index in [-0.39, 0.29) is 0 Å². The van der Waals surface area contributed by atoms with Crippen LogP contribution < -0.4 is 9.64 Å². The number of rotatable bonds is 5. The van der Waals surface area contributed by atoms with Crippen LogP contribution in [0.3, 0.4) is 0 Å². The zero-order valence-electron chi connectivity index (χ0n) is 16.4. The van der Waals surface area contributed by atoms with Crippen molar-refractivity contribution in [1.82, 2.24) is 19.8 Å². The Kier molecular flexibility index (Phi) is 5.55. The molecule has 1 aromatic heterocycles. The van der Waals surface area contributed by atoms with Crippen molar-refractivity contribution in [2.45, 2.75) is 26.4 Å². The normalized spacial score (nSPS) is 18.4. The monoisotopic (exact) mass is 367 g/mol. The lowest BCUT2D eigenvalue weighted by atomic mass is 10.1. The number of fused-ring (bicyclic) bond motifs is 1. The Balaban J connectivity index is 1.42. The number of hydrogen-bond acceptors (Lipinski definition) is 6. The maximum absolute atomic E-state index is 5.49. The Morgan fingerprint density at radius 3 is 2.63 bits per heavy atom. The van der Waals surface area contributed by atoms with Crippen molar-refractivity contribution in [1.29, 1.82) is 0 Å². The van der Waals surface area contributed by atoms with Gasteiger partial charge in [-0.3, -0.25) is 4.90 Å². The van der Waals surface area contributed by atoms with E-state index in [9.17, 15) is 0 Å². The third kappa shape index (κ3) is 4.06. The third-order valence-electron chi connectivity index (χ3n) is 5.69. The molecule has 0 amide bonds. The Morgan fingerprint density at radius 2 is 1.85 bits per heavy atom. The van der Waals surface area contributed by atoms with Crippen LogP contribution >= 0.6 is 0 Å². The van der Waals surface area contributed by atoms with Crippen LogP contribution in [-0.2, 0) is 19.5 Å². The summed E-state index contributed by atoms with van der Waals surface area (Å²) in [6.45, 7) is 10.4. The second-order valence-electron chi connectivity index (χ2n) is 7.34. The standard InChI is InChI=1S/C21H29N5O/c1-3-24-10-12-26(13-11-24)21-22-14-18-16-25(9-8-19(18)23-21)15-17-6-4-5-7-20(17)27-2/h4-7,14H,3,8-13,15-16H2,1-2H3. The number of anilines is 1. The van der Waals surface area contributed by atoms with Gasteiger partial charge in [-0.1, -0.05) is 25.1 Å². The van der Waals surface area contributed by atoms with E-state index >= 15 is 0 Å². The smallest absolute Gasteiger partial charge is 0.225 e. The molecule has 0 bridgehead atoms. The molecule has 1 fully saturated rings. The van der Waals surface area contributed by atoms with Crippen LogP contribution in [0.15, 0.2) is 30.5 Å². The molecule has 2 aliphatic heterocycles. The van der Waals surface area contributed by atoms with Gasteiger partial charge in [-0.2, -0.15) is 0 Å². The molecule has 0 radical (unpaired) electrons. The lowest BCUT2D eigenvalue weighted by Gasteiger charge is -2.35. The quantitative estimate of drug-likeness (QED) is 0.807. The van der Waals surface area contributed by atoms with Crippen LogP contribution in [0.5, 0.6) is 5.75 Å². The van der Waals surface area contributed by atoms with Gasteiger partial charge in [0, 0.05) is 69.6 Å². The molecule has 6 nitrogen and oxygen atoms in total. The third-order valence-corrected chi connectivity index (χ3v) is 5.69. The molecule has 2 aliphatic rings. The summed E-state index contributed by atoms with van der Waals surface area (Å²) in [5, 5.41) is 0. The predicted octanol–water partition coefficient (Wildman–Crippen LogP) is 2.19. The second-order valence-corrected chi connectivity index (χ2v) is 7.34. The van der Waals surface area contributed by atoms with E-state index in [1.807, 2.05) is 18.3 Å². The van der Waals surface area contributed by atoms with Crippen LogP contribution in [0.2, 0.25) is 0 Å². The highest BCUT2D eigenvalue weighted by molar-refractivity contribution is 5.36. The first-order valence-corrected chi connectivity index (χ1v) is 9.93. The van der Waals surface area contributed by atoms with Crippen molar-refractivity contribution in [2.24, 2.45) is 0 Å². The Labute approximate surface area is 161 Å². The van der Waals surface area contributed by atoms with Crippen LogP contribution in [0, 0.1) is 0 Å². The number of methoxy groups -OCH3 is 1. The lowest BCUT2D eigenvalue weighted by molar-refractivity contribution is 0.239. The van der Waals surface area contributed by atoms with Crippen molar-refractivity contribution in [3.05, 3.63) is 47.3 Å². The SMILES string of the molecule is CCN1CCN(c2ncc3c(n2)CCN(Cc2ccccc2OC)C3)CC1. The van der Waals surface area contributed by atoms with Gasteiger partial charge in [-0.05, 0) is 12.6 Å². The maximum Gasteiger partial charge on any atom is 0.225 e. The molecule has 1 aromatic carbocycles. The molecule has 6 heteroatoms. The van der Waals surface area contributed by atoms with Crippen molar-refractivity contribution < 1.29 is 4.74 Å². The van der Waals surface area contributed by atoms with Crippen LogP contribution in [0.25, 0.3) is 0 Å². The number of hydrogen-bond donors (Lipinski definition) is 0. The van der Waals surface area contributed by atoms with Gasteiger partial charge >= 0.3 is 0 Å². The fourth-order valence-corrected chi connectivity index (χ4v) is 3.99. The summed E-state index contributed by atoms with van der Waals surface area (Å²) in [5.41, 5.74) is 3.70. The molecule has 0 atom stereocenters. The summed E-state index contributed by atoms with van der Waals surface area (Å²) in [6.07, 6.45) is 3.02. The number of para-hydroxylation sites is 1. The average molecular weight is 367 g/mol. The largest absolute Gasteiger partial charge is 0.496 e. The topological polar surface area (TPSA) is 44.7 Å². The number of ether oxygens (including phenoxy) is 1. The number of piperazine rings is 1. The highest BCUT2D eigenvalue weighted by atomic mass is 16.5. The van der Waals surface area contributed by atoms with Gasteiger partial charge < -0.3 is 14.5 Å². The summed E-state index contributed by atoms with van der Waals surface area (Å²) in [6, 6.07) is 8.26. The molecule has 2 aromatic rings. The van der Waals surface area contributed by atoms with Gasteiger partial charge in [-0.15, -0.1) is 0 Å². The first-order valence-electron chi connectivity index (χ1n) is 9.93. The lowest BCUT2D eigenvalue weighted by Crippen LogP contribution is -2.47. The fraction of sp³-hybridized carbons (Fsp3) is 0.524. The molecule has 0 aliphatic carbocycles. The minimum Gasteiger partial charge on any atom is -0.496 e. The number of aromatic nitrogens is 2. The van der Waals surface area contributed by atoms with E-state index in [1.165, 1.54) is 16.8 Å². The van der Waals surface area contributed by atoms with Crippen LogP contribution in [0.1, 0.15) is 23.7 Å². The Hall–Kier alpha value is -2.18. The summed E-state index contributed by atoms with van der Waals surface area (Å²) >= 11 is 0. The second kappa shape index (κ2) is 8.23. The first-order chi connectivity index (χ1) is 13.3. The van der Waals surface area contributed by atoms with Gasteiger partial charge in [0.25, 0.3) is 0 Å². The molecule has 0 unspecified atom stereocenters. The molecule has 144 valence electrons. The molecule has 1 saturated heterocycles. The zero-order valence-corrected chi connectivity index (χ0v) is 16.4. The fourth-order valence-electron chi connectivity index (χ4n) is 3.99. The summed E-state index contributed by atoms with van der Waals surface area (Å²) in [4.78, 5) is 16.8. The number of likely N-dealkylation sites (N-methyl/N-ethyl adjacent to an activating group) is 1. The molecule has 3 heterocycles. The van der Waals surface area contributed by atoms with E-state index in [4.69, 9.17) is 9.72 Å². The number of benzene rings is 1. The highest BCUT2D eigenvalue weighted by Crippen LogP contribution is 2.24. The van der Waals surface area contributed by atoms with E-state index in [0.29, 0.717) is 0 Å². The highest BCUT2D eigenvalue weighted by Gasteiger charge is 2.22. The molecule has 0 N–H and O–H groups in total. The summed E-state index contributed by atoms with van der Waals surface area (Å²) in [5.74, 6) is 1.86. The molecule has 0 spiro atoms. The summed E-state index contributed by atoms with van der Waals surface area (Å²) in [7, 11) is 1.74. The van der Waals surface area contributed by atoms with E-state index < -0.39 is 0 Å².